The van der Waals surface area contributed by atoms with Gasteiger partial charge in [0.15, 0.2) is 0 Å². The summed E-state index contributed by atoms with van der Waals surface area (Å²) in [5.41, 5.74) is 1.72. The number of halogens is 1. The predicted octanol–water partition coefficient (Wildman–Crippen LogP) is 3.71. The van der Waals surface area contributed by atoms with Crippen molar-refractivity contribution in [1.29, 1.82) is 0 Å². The van der Waals surface area contributed by atoms with Gasteiger partial charge in [0.1, 0.15) is 18.9 Å². The molecule has 2 rings (SSSR count). The average molecular weight is 483 g/mol. The van der Waals surface area contributed by atoms with Gasteiger partial charge in [0.05, 0.1) is 18.5 Å². The molecule has 0 unspecified atom stereocenters. The SMILES string of the molecule is CC(C)(C)c1ccc(OCCNC(=O)CN(c2ccc(Br)cc2)S(C)(=O)=O)cc1. The van der Waals surface area contributed by atoms with Crippen molar-refractivity contribution in [2.24, 2.45) is 0 Å². The van der Waals surface area contributed by atoms with Gasteiger partial charge in [-0.2, -0.15) is 0 Å². The number of nitrogens with one attached hydrogen (secondary N) is 1. The molecular weight excluding hydrogens is 456 g/mol. The highest BCUT2D eigenvalue weighted by atomic mass is 79.9. The van der Waals surface area contributed by atoms with E-state index in [1.54, 1.807) is 24.3 Å². The highest BCUT2D eigenvalue weighted by molar-refractivity contribution is 9.10. The van der Waals surface area contributed by atoms with Crippen molar-refractivity contribution < 1.29 is 17.9 Å². The summed E-state index contributed by atoms with van der Waals surface area (Å²) in [5, 5.41) is 2.69. The number of ether oxygens (including phenoxy) is 1. The third kappa shape index (κ3) is 7.36. The molecule has 1 N–H and O–H groups in total. The molecule has 0 radical (unpaired) electrons. The van der Waals surface area contributed by atoms with Crippen LogP contribution in [0.1, 0.15) is 26.3 Å². The van der Waals surface area contributed by atoms with Gasteiger partial charge < -0.3 is 10.1 Å². The molecule has 0 aliphatic heterocycles. The summed E-state index contributed by atoms with van der Waals surface area (Å²) in [6.45, 7) is 6.71. The number of carbonyl (C=O) groups excluding carboxylic acids is 1. The van der Waals surface area contributed by atoms with E-state index in [1.165, 1.54) is 5.56 Å². The van der Waals surface area contributed by atoms with Crippen molar-refractivity contribution in [3.05, 3.63) is 58.6 Å². The fraction of sp³-hybridized carbons (Fsp3) is 0.381. The molecule has 0 aliphatic rings. The number of hydrogen-bond acceptors (Lipinski definition) is 4. The Kier molecular flexibility index (Phi) is 7.71. The lowest BCUT2D eigenvalue weighted by Gasteiger charge is -2.22. The highest BCUT2D eigenvalue weighted by Crippen LogP contribution is 2.24. The van der Waals surface area contributed by atoms with Gasteiger partial charge in [-0.05, 0) is 47.4 Å². The van der Waals surface area contributed by atoms with Crippen LogP contribution in [0.4, 0.5) is 5.69 Å². The molecule has 0 bridgehead atoms. The Hall–Kier alpha value is -2.06. The van der Waals surface area contributed by atoms with Gasteiger partial charge in [-0.1, -0.05) is 48.8 Å². The number of hydrogen-bond donors (Lipinski definition) is 1. The van der Waals surface area contributed by atoms with Gasteiger partial charge in [-0.3, -0.25) is 9.10 Å². The van der Waals surface area contributed by atoms with Crippen molar-refractivity contribution in [3.63, 3.8) is 0 Å². The summed E-state index contributed by atoms with van der Waals surface area (Å²) < 4.78 is 31.7. The molecule has 2 aromatic carbocycles. The van der Waals surface area contributed by atoms with Crippen molar-refractivity contribution >= 4 is 37.5 Å². The third-order valence-electron chi connectivity index (χ3n) is 4.22. The fourth-order valence-corrected chi connectivity index (χ4v) is 3.72. The summed E-state index contributed by atoms with van der Waals surface area (Å²) >= 11 is 3.31. The Morgan fingerprint density at radius 1 is 1.07 bits per heavy atom. The first kappa shape index (κ1) is 23.2. The van der Waals surface area contributed by atoms with E-state index in [4.69, 9.17) is 4.74 Å². The van der Waals surface area contributed by atoms with Crippen molar-refractivity contribution in [2.75, 3.05) is 30.3 Å². The van der Waals surface area contributed by atoms with Crippen LogP contribution in [0.2, 0.25) is 0 Å². The maximum absolute atomic E-state index is 12.2. The zero-order valence-electron chi connectivity index (χ0n) is 17.1. The van der Waals surface area contributed by atoms with Crippen LogP contribution in [0.15, 0.2) is 53.0 Å². The Bertz CT molecular complexity index is 921. The molecule has 0 atom stereocenters. The smallest absolute Gasteiger partial charge is 0.240 e. The molecule has 0 saturated heterocycles. The number of anilines is 1. The molecule has 6 nitrogen and oxygen atoms in total. The molecule has 0 heterocycles. The van der Waals surface area contributed by atoms with Crippen LogP contribution in [-0.2, 0) is 20.2 Å². The van der Waals surface area contributed by atoms with Crippen LogP contribution < -0.4 is 14.4 Å². The van der Waals surface area contributed by atoms with E-state index in [0.717, 1.165) is 20.8 Å². The van der Waals surface area contributed by atoms with E-state index >= 15 is 0 Å². The average Bonchev–Trinajstić information content (AvgIpc) is 2.63. The minimum Gasteiger partial charge on any atom is -0.492 e. The van der Waals surface area contributed by atoms with Crippen LogP contribution in [0, 0.1) is 0 Å². The van der Waals surface area contributed by atoms with Crippen molar-refractivity contribution in [3.8, 4) is 5.75 Å². The summed E-state index contributed by atoms with van der Waals surface area (Å²) in [7, 11) is -3.59. The number of nitrogens with zero attached hydrogens (tertiary/aromatic N) is 1. The molecule has 8 heteroatoms. The van der Waals surface area contributed by atoms with Crippen LogP contribution in [0.5, 0.6) is 5.75 Å². The van der Waals surface area contributed by atoms with Crippen molar-refractivity contribution in [2.45, 2.75) is 26.2 Å². The zero-order valence-corrected chi connectivity index (χ0v) is 19.5. The number of benzene rings is 2. The van der Waals surface area contributed by atoms with Gasteiger partial charge in [0.25, 0.3) is 0 Å². The molecule has 2 aromatic rings. The normalized spacial score (nSPS) is 11.8. The fourth-order valence-electron chi connectivity index (χ4n) is 2.60. The van der Waals surface area contributed by atoms with E-state index in [2.05, 4.69) is 42.0 Å². The lowest BCUT2D eigenvalue weighted by molar-refractivity contribution is -0.119. The van der Waals surface area contributed by atoms with Crippen LogP contribution in [0.25, 0.3) is 0 Å². The van der Waals surface area contributed by atoms with E-state index in [1.807, 2.05) is 24.3 Å². The molecule has 0 saturated carbocycles. The Labute approximate surface area is 181 Å². The minimum absolute atomic E-state index is 0.0762. The van der Waals surface area contributed by atoms with Gasteiger partial charge in [-0.15, -0.1) is 0 Å². The molecule has 0 fully saturated rings. The topological polar surface area (TPSA) is 75.7 Å². The standard InChI is InChI=1S/C21H27BrN2O4S/c1-21(2,3)16-5-11-19(12-6-16)28-14-13-23-20(25)15-24(29(4,26)27)18-9-7-17(22)8-10-18/h5-12H,13-15H2,1-4H3,(H,23,25). The van der Waals surface area contributed by atoms with E-state index in [-0.39, 0.29) is 25.1 Å². The molecule has 158 valence electrons. The summed E-state index contributed by atoms with van der Waals surface area (Å²) in [6.07, 6.45) is 1.08. The Balaban J connectivity index is 1.85. The second kappa shape index (κ2) is 9.63. The highest BCUT2D eigenvalue weighted by Gasteiger charge is 2.20. The largest absolute Gasteiger partial charge is 0.492 e. The Morgan fingerprint density at radius 2 is 1.66 bits per heavy atom. The van der Waals surface area contributed by atoms with Crippen LogP contribution in [0.3, 0.4) is 0 Å². The molecule has 0 aromatic heterocycles. The summed E-state index contributed by atoms with van der Waals surface area (Å²) in [4.78, 5) is 12.2. The molecule has 1 amide bonds. The predicted molar refractivity (Wildman–Crippen MR) is 120 cm³/mol. The maximum Gasteiger partial charge on any atom is 0.240 e. The van der Waals surface area contributed by atoms with Crippen LogP contribution >= 0.6 is 15.9 Å². The lowest BCUT2D eigenvalue weighted by Crippen LogP contribution is -2.41. The first-order valence-corrected chi connectivity index (χ1v) is 11.8. The monoisotopic (exact) mass is 482 g/mol. The second-order valence-electron chi connectivity index (χ2n) is 7.72. The number of amides is 1. The lowest BCUT2D eigenvalue weighted by atomic mass is 9.87. The van der Waals surface area contributed by atoms with Crippen molar-refractivity contribution in [1.82, 2.24) is 5.32 Å². The van der Waals surface area contributed by atoms with Gasteiger partial charge in [0, 0.05) is 4.47 Å². The number of rotatable bonds is 8. The zero-order chi connectivity index (χ0) is 21.7. The quantitative estimate of drug-likeness (QED) is 0.581. The summed E-state index contributed by atoms with van der Waals surface area (Å²) in [6, 6.07) is 14.6. The summed E-state index contributed by atoms with van der Waals surface area (Å²) in [5.74, 6) is 0.324. The molecular formula is C21H27BrN2O4S. The molecule has 0 spiro atoms. The molecule has 0 aliphatic carbocycles. The Morgan fingerprint density at radius 3 is 2.17 bits per heavy atom. The van der Waals surface area contributed by atoms with Gasteiger partial charge >= 0.3 is 0 Å². The molecule has 29 heavy (non-hydrogen) atoms. The first-order chi connectivity index (χ1) is 13.5. The number of carbonyl (C=O) groups is 1. The van der Waals surface area contributed by atoms with Gasteiger partial charge in [-0.25, -0.2) is 8.42 Å². The third-order valence-corrected chi connectivity index (χ3v) is 5.88. The van der Waals surface area contributed by atoms with Crippen LogP contribution in [-0.4, -0.2) is 40.3 Å². The van der Waals surface area contributed by atoms with E-state index < -0.39 is 15.9 Å². The number of sulfonamides is 1. The van der Waals surface area contributed by atoms with E-state index in [9.17, 15) is 13.2 Å². The van der Waals surface area contributed by atoms with E-state index in [0.29, 0.717) is 5.69 Å². The first-order valence-electron chi connectivity index (χ1n) is 9.20. The van der Waals surface area contributed by atoms with Gasteiger partial charge in [0.2, 0.25) is 15.9 Å². The maximum atomic E-state index is 12.2. The minimum atomic E-state index is -3.59. The second-order valence-corrected chi connectivity index (χ2v) is 10.5.